The fourth-order valence-electron chi connectivity index (χ4n) is 2.11. The number of amides is 1. The van der Waals surface area contributed by atoms with Crippen LogP contribution in [0.25, 0.3) is 0 Å². The third-order valence-electron chi connectivity index (χ3n) is 3.46. The zero-order valence-electron chi connectivity index (χ0n) is 14.3. The molecule has 0 saturated carbocycles. The van der Waals surface area contributed by atoms with Crippen molar-refractivity contribution in [1.82, 2.24) is 5.32 Å². The molecule has 0 atom stereocenters. The highest BCUT2D eigenvalue weighted by molar-refractivity contribution is 5.97. The molecule has 0 aliphatic carbocycles. The normalized spacial score (nSPS) is 10.0. The molecular weight excluding hydrogens is 322 g/mol. The number of carbonyl (C=O) groups excluding carboxylic acids is 2. The molecule has 1 amide bonds. The van der Waals surface area contributed by atoms with Crippen LogP contribution in [0.4, 0.5) is 0 Å². The highest BCUT2D eigenvalue weighted by Crippen LogP contribution is 2.16. The maximum atomic E-state index is 12.0. The van der Waals surface area contributed by atoms with E-state index in [4.69, 9.17) is 14.2 Å². The molecule has 2 aromatic rings. The van der Waals surface area contributed by atoms with Gasteiger partial charge in [-0.3, -0.25) is 9.59 Å². The molecule has 6 nitrogen and oxygen atoms in total. The van der Waals surface area contributed by atoms with Crippen molar-refractivity contribution in [3.05, 3.63) is 59.7 Å². The molecule has 0 heterocycles. The van der Waals surface area contributed by atoms with E-state index in [0.717, 1.165) is 11.3 Å². The molecule has 0 spiro atoms. The van der Waals surface area contributed by atoms with Gasteiger partial charge in [-0.05, 0) is 42.8 Å². The highest BCUT2D eigenvalue weighted by Gasteiger charge is 2.10. The summed E-state index contributed by atoms with van der Waals surface area (Å²) in [5.41, 5.74) is 1.39. The maximum absolute atomic E-state index is 12.0. The van der Waals surface area contributed by atoms with Crippen LogP contribution < -0.4 is 14.8 Å². The van der Waals surface area contributed by atoms with E-state index < -0.39 is 5.97 Å². The van der Waals surface area contributed by atoms with E-state index in [9.17, 15) is 9.59 Å². The van der Waals surface area contributed by atoms with Gasteiger partial charge in [-0.1, -0.05) is 18.2 Å². The molecular formula is C19H21NO5. The van der Waals surface area contributed by atoms with Gasteiger partial charge in [0.2, 0.25) is 0 Å². The first-order valence-electron chi connectivity index (χ1n) is 7.86. The summed E-state index contributed by atoms with van der Waals surface area (Å²) in [6, 6.07) is 14.3. The third-order valence-corrected chi connectivity index (χ3v) is 3.46. The summed E-state index contributed by atoms with van der Waals surface area (Å²) in [5.74, 6) is 0.581. The number of hydrogen-bond acceptors (Lipinski definition) is 5. The Bertz CT molecular complexity index is 712. The summed E-state index contributed by atoms with van der Waals surface area (Å²) < 4.78 is 15.5. The van der Waals surface area contributed by atoms with Crippen molar-refractivity contribution in [3.8, 4) is 11.5 Å². The van der Waals surface area contributed by atoms with Gasteiger partial charge in [0, 0.05) is 5.56 Å². The number of rotatable bonds is 8. The van der Waals surface area contributed by atoms with E-state index >= 15 is 0 Å². The number of ether oxygens (including phenoxy) is 3. The predicted molar refractivity (Wildman–Crippen MR) is 93.0 cm³/mol. The minimum atomic E-state index is -0.514. The van der Waals surface area contributed by atoms with Gasteiger partial charge in [0.25, 0.3) is 5.91 Å². The summed E-state index contributed by atoms with van der Waals surface area (Å²) in [6.07, 6.45) is 0. The number of nitrogens with one attached hydrogen (secondary N) is 1. The van der Waals surface area contributed by atoms with E-state index in [2.05, 4.69) is 5.32 Å². The van der Waals surface area contributed by atoms with Gasteiger partial charge >= 0.3 is 5.97 Å². The lowest BCUT2D eigenvalue weighted by molar-refractivity contribution is -0.143. The average Bonchev–Trinajstić information content (AvgIpc) is 2.64. The van der Waals surface area contributed by atoms with Crippen LogP contribution in [0.15, 0.2) is 48.5 Å². The second-order valence-electron chi connectivity index (χ2n) is 5.24. The Morgan fingerprint density at radius 3 is 2.32 bits per heavy atom. The van der Waals surface area contributed by atoms with Gasteiger partial charge in [-0.25, -0.2) is 0 Å². The van der Waals surface area contributed by atoms with Crippen molar-refractivity contribution in [2.45, 2.75) is 6.92 Å². The first kappa shape index (κ1) is 18.3. The van der Waals surface area contributed by atoms with Crippen LogP contribution in [0.2, 0.25) is 0 Å². The van der Waals surface area contributed by atoms with Crippen molar-refractivity contribution < 1.29 is 23.8 Å². The van der Waals surface area contributed by atoms with Crippen LogP contribution in [-0.4, -0.2) is 38.7 Å². The molecule has 0 saturated heterocycles. The molecule has 0 aliphatic heterocycles. The second kappa shape index (κ2) is 9.32. The third kappa shape index (κ3) is 5.84. The van der Waals surface area contributed by atoms with Gasteiger partial charge in [-0.15, -0.1) is 0 Å². The van der Waals surface area contributed by atoms with E-state index in [1.807, 2.05) is 19.1 Å². The Morgan fingerprint density at radius 2 is 1.64 bits per heavy atom. The lowest BCUT2D eigenvalue weighted by Gasteiger charge is -2.09. The number of esters is 1. The molecule has 132 valence electrons. The SMILES string of the molecule is COc1ccc(OCCOC(=O)CNC(=O)c2ccccc2C)cc1. The first-order chi connectivity index (χ1) is 12.1. The summed E-state index contributed by atoms with van der Waals surface area (Å²) in [7, 11) is 1.59. The van der Waals surface area contributed by atoms with Gasteiger partial charge in [0.1, 0.15) is 31.3 Å². The number of hydrogen-bond donors (Lipinski definition) is 1. The number of carbonyl (C=O) groups is 2. The van der Waals surface area contributed by atoms with Crippen molar-refractivity contribution >= 4 is 11.9 Å². The number of aryl methyl sites for hydroxylation is 1. The predicted octanol–water partition coefficient (Wildman–Crippen LogP) is 2.36. The molecule has 0 aliphatic rings. The Hall–Kier alpha value is -3.02. The lowest BCUT2D eigenvalue weighted by Crippen LogP contribution is -2.31. The zero-order valence-corrected chi connectivity index (χ0v) is 14.3. The van der Waals surface area contributed by atoms with Gasteiger partial charge in [-0.2, -0.15) is 0 Å². The van der Waals surface area contributed by atoms with Crippen molar-refractivity contribution in [2.24, 2.45) is 0 Å². The molecule has 2 rings (SSSR count). The van der Waals surface area contributed by atoms with Gasteiger partial charge in [0.05, 0.1) is 7.11 Å². The largest absolute Gasteiger partial charge is 0.497 e. The van der Waals surface area contributed by atoms with Crippen LogP contribution in [0.3, 0.4) is 0 Å². The van der Waals surface area contributed by atoms with Crippen molar-refractivity contribution in [2.75, 3.05) is 26.9 Å². The summed E-state index contributed by atoms with van der Waals surface area (Å²) >= 11 is 0. The Kier molecular flexibility index (Phi) is 6.83. The Balaban J connectivity index is 1.65. The van der Waals surface area contributed by atoms with Crippen LogP contribution in [0.5, 0.6) is 11.5 Å². The molecule has 2 aromatic carbocycles. The Labute approximate surface area is 146 Å². The molecule has 0 fully saturated rings. The minimum Gasteiger partial charge on any atom is -0.497 e. The van der Waals surface area contributed by atoms with Gasteiger partial charge < -0.3 is 19.5 Å². The zero-order chi connectivity index (χ0) is 18.1. The van der Waals surface area contributed by atoms with E-state index in [1.165, 1.54) is 0 Å². The smallest absolute Gasteiger partial charge is 0.325 e. The molecule has 0 radical (unpaired) electrons. The molecule has 1 N–H and O–H groups in total. The number of methoxy groups -OCH3 is 1. The lowest BCUT2D eigenvalue weighted by atomic mass is 10.1. The van der Waals surface area contributed by atoms with E-state index in [-0.39, 0.29) is 25.7 Å². The Morgan fingerprint density at radius 1 is 0.960 bits per heavy atom. The minimum absolute atomic E-state index is 0.102. The fraction of sp³-hybridized carbons (Fsp3) is 0.263. The van der Waals surface area contributed by atoms with Crippen LogP contribution in [0, 0.1) is 6.92 Å². The summed E-state index contributed by atoms with van der Waals surface area (Å²) in [6.45, 7) is 1.98. The van der Waals surface area contributed by atoms with E-state index in [0.29, 0.717) is 11.3 Å². The molecule has 0 unspecified atom stereocenters. The second-order valence-corrected chi connectivity index (χ2v) is 5.24. The topological polar surface area (TPSA) is 73.9 Å². The van der Waals surface area contributed by atoms with Crippen LogP contribution >= 0.6 is 0 Å². The monoisotopic (exact) mass is 343 g/mol. The van der Waals surface area contributed by atoms with E-state index in [1.54, 1.807) is 43.5 Å². The fourth-order valence-corrected chi connectivity index (χ4v) is 2.11. The molecule has 25 heavy (non-hydrogen) atoms. The van der Waals surface area contributed by atoms with Crippen molar-refractivity contribution in [1.29, 1.82) is 0 Å². The van der Waals surface area contributed by atoms with Crippen LogP contribution in [0.1, 0.15) is 15.9 Å². The first-order valence-corrected chi connectivity index (χ1v) is 7.86. The standard InChI is InChI=1S/C19H21NO5/c1-14-5-3-4-6-17(14)19(22)20-13-18(21)25-12-11-24-16-9-7-15(23-2)8-10-16/h3-10H,11-13H2,1-2H3,(H,20,22). The summed E-state index contributed by atoms with van der Waals surface area (Å²) in [4.78, 5) is 23.6. The van der Waals surface area contributed by atoms with Gasteiger partial charge in [0.15, 0.2) is 0 Å². The molecule has 6 heteroatoms. The quantitative estimate of drug-likeness (QED) is 0.588. The molecule has 0 bridgehead atoms. The number of benzene rings is 2. The summed E-state index contributed by atoms with van der Waals surface area (Å²) in [5, 5.41) is 2.54. The molecule has 0 aromatic heterocycles. The van der Waals surface area contributed by atoms with Crippen molar-refractivity contribution in [3.63, 3.8) is 0 Å². The van der Waals surface area contributed by atoms with Crippen LogP contribution in [-0.2, 0) is 9.53 Å². The highest BCUT2D eigenvalue weighted by atomic mass is 16.6. The average molecular weight is 343 g/mol. The maximum Gasteiger partial charge on any atom is 0.325 e.